The maximum atomic E-state index is 13.3. The molecule has 204 valence electrons. The molecule has 2 amide bonds. The number of anilines is 1. The Morgan fingerprint density at radius 3 is 2.38 bits per heavy atom. The number of rotatable bonds is 14. The summed E-state index contributed by atoms with van der Waals surface area (Å²) in [6.45, 7) is 4.64. The van der Waals surface area contributed by atoms with E-state index in [0.717, 1.165) is 29.1 Å². The van der Waals surface area contributed by atoms with Gasteiger partial charge in [-0.3, -0.25) is 13.9 Å². The van der Waals surface area contributed by atoms with Gasteiger partial charge >= 0.3 is 0 Å². The second kappa shape index (κ2) is 14.6. The molecule has 0 bridgehead atoms. The molecule has 2 aromatic rings. The van der Waals surface area contributed by atoms with Gasteiger partial charge in [0.2, 0.25) is 21.8 Å². The van der Waals surface area contributed by atoms with Crippen LogP contribution in [0.3, 0.4) is 0 Å². The zero-order chi connectivity index (χ0) is 27.6. The van der Waals surface area contributed by atoms with Crippen molar-refractivity contribution in [1.82, 2.24) is 10.2 Å². The van der Waals surface area contributed by atoms with Crippen molar-refractivity contribution in [2.24, 2.45) is 0 Å². The number of amides is 2. The highest BCUT2D eigenvalue weighted by Gasteiger charge is 2.26. The van der Waals surface area contributed by atoms with Crippen molar-refractivity contribution in [3.05, 3.63) is 57.5 Å². The van der Waals surface area contributed by atoms with Crippen LogP contribution in [0.2, 0.25) is 5.02 Å². The van der Waals surface area contributed by atoms with Gasteiger partial charge in [-0.2, -0.15) is 0 Å². The summed E-state index contributed by atoms with van der Waals surface area (Å²) in [5.41, 5.74) is 1.27. The Balaban J connectivity index is 2.16. The van der Waals surface area contributed by atoms with Gasteiger partial charge in [0, 0.05) is 30.5 Å². The summed E-state index contributed by atoms with van der Waals surface area (Å²) in [6.07, 6.45) is 3.24. The van der Waals surface area contributed by atoms with Crippen LogP contribution in [0.25, 0.3) is 0 Å². The SMILES string of the molecule is CCCCNC(=O)C(C)N(Cc1ccc(Br)cc1)C(=O)CCCN(c1ccc(OC)c(Cl)c1)S(C)(=O)=O. The van der Waals surface area contributed by atoms with Crippen LogP contribution in [-0.2, 0) is 26.2 Å². The number of carbonyl (C=O) groups is 2. The average Bonchev–Trinajstić information content (AvgIpc) is 2.85. The molecule has 1 N–H and O–H groups in total. The van der Waals surface area contributed by atoms with Crippen LogP contribution in [0.4, 0.5) is 5.69 Å². The van der Waals surface area contributed by atoms with Crippen LogP contribution >= 0.6 is 27.5 Å². The molecule has 0 aliphatic heterocycles. The minimum absolute atomic E-state index is 0.0685. The number of carbonyl (C=O) groups excluding carboxylic acids is 2. The second-order valence-corrected chi connectivity index (χ2v) is 12.0. The van der Waals surface area contributed by atoms with Gasteiger partial charge in [-0.25, -0.2) is 8.42 Å². The average molecular weight is 617 g/mol. The van der Waals surface area contributed by atoms with Crippen molar-refractivity contribution in [3.8, 4) is 5.75 Å². The van der Waals surface area contributed by atoms with Gasteiger partial charge in [-0.1, -0.05) is 53.0 Å². The maximum Gasteiger partial charge on any atom is 0.242 e. The number of benzene rings is 2. The van der Waals surface area contributed by atoms with E-state index in [1.165, 1.54) is 17.5 Å². The molecule has 0 saturated carbocycles. The first-order valence-electron chi connectivity index (χ1n) is 12.1. The summed E-state index contributed by atoms with van der Waals surface area (Å²) in [4.78, 5) is 27.6. The topological polar surface area (TPSA) is 96.0 Å². The quantitative estimate of drug-likeness (QED) is 0.302. The minimum Gasteiger partial charge on any atom is -0.495 e. The van der Waals surface area contributed by atoms with Crippen molar-refractivity contribution in [1.29, 1.82) is 0 Å². The minimum atomic E-state index is -3.63. The number of nitrogens with one attached hydrogen (secondary N) is 1. The highest BCUT2D eigenvalue weighted by Crippen LogP contribution is 2.30. The van der Waals surface area contributed by atoms with Gasteiger partial charge < -0.3 is 15.0 Å². The number of nitrogens with zero attached hydrogens (tertiary/aromatic N) is 2. The monoisotopic (exact) mass is 615 g/mol. The summed E-state index contributed by atoms with van der Waals surface area (Å²) < 4.78 is 32.3. The zero-order valence-electron chi connectivity index (χ0n) is 21.7. The number of sulfonamides is 1. The number of unbranched alkanes of at least 4 members (excludes halogenated alkanes) is 1. The molecule has 2 rings (SSSR count). The molecular formula is C26H35BrClN3O5S. The summed E-state index contributed by atoms with van der Waals surface area (Å²) in [5, 5.41) is 3.18. The number of hydrogen-bond donors (Lipinski definition) is 1. The van der Waals surface area contributed by atoms with Gasteiger partial charge in [0.15, 0.2) is 0 Å². The predicted octanol–water partition coefficient (Wildman–Crippen LogP) is 4.99. The molecule has 0 aliphatic rings. The molecular weight excluding hydrogens is 582 g/mol. The van der Waals surface area contributed by atoms with E-state index in [9.17, 15) is 18.0 Å². The zero-order valence-corrected chi connectivity index (χ0v) is 24.8. The van der Waals surface area contributed by atoms with E-state index < -0.39 is 16.1 Å². The first-order chi connectivity index (χ1) is 17.5. The molecule has 0 aromatic heterocycles. The van der Waals surface area contributed by atoms with E-state index in [-0.39, 0.29) is 42.8 Å². The molecule has 0 aliphatic carbocycles. The van der Waals surface area contributed by atoms with E-state index in [1.807, 2.05) is 31.2 Å². The van der Waals surface area contributed by atoms with E-state index in [2.05, 4.69) is 21.2 Å². The first-order valence-corrected chi connectivity index (χ1v) is 15.1. The second-order valence-electron chi connectivity index (χ2n) is 8.73. The smallest absolute Gasteiger partial charge is 0.242 e. The van der Waals surface area contributed by atoms with Crippen LogP contribution in [0.5, 0.6) is 5.75 Å². The lowest BCUT2D eigenvalue weighted by Crippen LogP contribution is -2.47. The van der Waals surface area contributed by atoms with Crippen LogP contribution in [0.15, 0.2) is 46.9 Å². The summed E-state index contributed by atoms with van der Waals surface area (Å²) in [6, 6.07) is 11.6. The fourth-order valence-corrected chi connectivity index (χ4v) is 5.19. The molecule has 0 fully saturated rings. The van der Waals surface area contributed by atoms with Crippen LogP contribution in [-0.4, -0.2) is 57.6 Å². The number of hydrogen-bond acceptors (Lipinski definition) is 5. The molecule has 0 spiro atoms. The molecule has 8 nitrogen and oxygen atoms in total. The predicted molar refractivity (Wildman–Crippen MR) is 151 cm³/mol. The van der Waals surface area contributed by atoms with Crippen molar-refractivity contribution in [2.45, 2.75) is 52.1 Å². The third kappa shape index (κ3) is 9.50. The summed E-state index contributed by atoms with van der Waals surface area (Å²) >= 11 is 9.61. The molecule has 37 heavy (non-hydrogen) atoms. The van der Waals surface area contributed by atoms with E-state index in [0.29, 0.717) is 18.0 Å². The van der Waals surface area contributed by atoms with E-state index in [4.69, 9.17) is 16.3 Å². The number of ether oxygens (including phenoxy) is 1. The standard InChI is InChI=1S/C26H35BrClN3O5S/c1-5-6-15-29-26(33)19(2)30(18-20-9-11-21(27)12-10-20)25(32)8-7-16-31(37(4,34)35)22-13-14-24(36-3)23(28)17-22/h9-14,17,19H,5-8,15-16,18H2,1-4H3,(H,29,33). The van der Waals surface area contributed by atoms with Crippen molar-refractivity contribution >= 4 is 55.1 Å². The first kappa shape index (κ1) is 30.9. The number of methoxy groups -OCH3 is 1. The molecule has 0 heterocycles. The van der Waals surface area contributed by atoms with Crippen molar-refractivity contribution < 1.29 is 22.7 Å². The summed E-state index contributed by atoms with van der Waals surface area (Å²) in [7, 11) is -2.15. The van der Waals surface area contributed by atoms with E-state index >= 15 is 0 Å². The number of halogens is 2. The Kier molecular flexibility index (Phi) is 12.2. The van der Waals surface area contributed by atoms with Crippen molar-refractivity contribution in [2.75, 3.05) is 30.8 Å². The lowest BCUT2D eigenvalue weighted by molar-refractivity contribution is -0.140. The van der Waals surface area contributed by atoms with Crippen LogP contribution in [0, 0.1) is 0 Å². The third-order valence-electron chi connectivity index (χ3n) is 5.84. The Morgan fingerprint density at radius 1 is 1.14 bits per heavy atom. The van der Waals surface area contributed by atoms with Crippen LogP contribution in [0.1, 0.15) is 45.1 Å². The van der Waals surface area contributed by atoms with Gasteiger partial charge in [0.25, 0.3) is 0 Å². The molecule has 2 aromatic carbocycles. The normalized spacial score (nSPS) is 12.1. The fraction of sp³-hybridized carbons (Fsp3) is 0.462. The van der Waals surface area contributed by atoms with Gasteiger partial charge in [0.05, 0.1) is 24.1 Å². The Hall–Kier alpha value is -2.30. The van der Waals surface area contributed by atoms with E-state index in [1.54, 1.807) is 24.0 Å². The molecule has 1 atom stereocenters. The highest BCUT2D eigenvalue weighted by molar-refractivity contribution is 9.10. The van der Waals surface area contributed by atoms with Crippen LogP contribution < -0.4 is 14.4 Å². The van der Waals surface area contributed by atoms with Crippen molar-refractivity contribution in [3.63, 3.8) is 0 Å². The van der Waals surface area contributed by atoms with Gasteiger partial charge in [0.1, 0.15) is 11.8 Å². The Labute approximate surface area is 233 Å². The Bertz CT molecular complexity index is 1160. The van der Waals surface area contributed by atoms with Gasteiger partial charge in [-0.05, 0) is 55.7 Å². The molecule has 1 unspecified atom stereocenters. The molecule has 0 radical (unpaired) electrons. The van der Waals surface area contributed by atoms with Gasteiger partial charge in [-0.15, -0.1) is 0 Å². The molecule has 0 saturated heterocycles. The molecule has 11 heteroatoms. The fourth-order valence-electron chi connectivity index (χ4n) is 3.72. The third-order valence-corrected chi connectivity index (χ3v) is 7.86. The summed E-state index contributed by atoms with van der Waals surface area (Å²) in [5.74, 6) is -0.0179. The largest absolute Gasteiger partial charge is 0.495 e. The Morgan fingerprint density at radius 2 is 1.81 bits per heavy atom. The lowest BCUT2D eigenvalue weighted by Gasteiger charge is -2.29. The highest BCUT2D eigenvalue weighted by atomic mass is 79.9. The lowest BCUT2D eigenvalue weighted by atomic mass is 10.1. The maximum absolute atomic E-state index is 13.3.